The molecular weight excluding hydrogens is 993 g/mol. The standard InChI is InChI=1S/C79H72N2O/c1-75(2,3)50-26-34-54(35-27-50)80(55-36-28-51(29-37-55)76(4,5)6)58-42-44-59-49(45-58)25-43-63-73-66-46-65-62-21-15-18-24-71(62)82-72(65)47-64(66)70(48-69(73)79(74(59)63)67-22-16-13-19-60(67)61-20-14-17-23-68(61)79)81(56-38-30-52(31-39-56)77(7,8)9)57-40-32-53(33-41-57)78(10,11)12/h13-48H,1-12H3. The van der Waals surface area contributed by atoms with Crippen molar-refractivity contribution in [3.8, 4) is 22.3 Å². The molecule has 14 rings (SSSR count). The Labute approximate surface area is 484 Å². The number of furan rings is 1. The molecule has 1 spiro atoms. The number of anilines is 6. The van der Waals surface area contributed by atoms with Crippen LogP contribution in [-0.2, 0) is 27.1 Å². The molecule has 0 unspecified atom stereocenters. The Morgan fingerprint density at radius 1 is 0.305 bits per heavy atom. The topological polar surface area (TPSA) is 19.6 Å². The largest absolute Gasteiger partial charge is 0.456 e. The first kappa shape index (κ1) is 51.5. The molecule has 2 aliphatic rings. The number of nitrogens with zero attached hydrogens (tertiary/aromatic N) is 2. The number of benzene rings is 11. The maximum Gasteiger partial charge on any atom is 0.136 e. The van der Waals surface area contributed by atoms with E-state index in [1.54, 1.807) is 0 Å². The summed E-state index contributed by atoms with van der Waals surface area (Å²) in [6.45, 7) is 27.5. The lowest BCUT2D eigenvalue weighted by Gasteiger charge is -2.34. The SMILES string of the molecule is CC(C)(C)c1ccc(N(c2ccc(C(C)(C)C)cc2)c2ccc3c4c(ccc3c2)-c2c(cc(N(c3ccc(C(C)(C)C)cc3)c3ccc(C(C)(C)C)cc3)c3cc5oc6ccccc6c5cc23)C42c3ccccc3-c3ccccc32)cc1. The van der Waals surface area contributed by atoms with Gasteiger partial charge in [-0.05, 0) is 190 Å². The minimum absolute atomic E-state index is 0.0104. The Bertz CT molecular complexity index is 4350. The molecule has 1 aromatic heterocycles. The molecule has 11 aromatic carbocycles. The monoisotopic (exact) mass is 1060 g/mol. The van der Waals surface area contributed by atoms with Gasteiger partial charge in [-0.3, -0.25) is 0 Å². The van der Waals surface area contributed by atoms with Gasteiger partial charge in [0.25, 0.3) is 0 Å². The zero-order valence-corrected chi connectivity index (χ0v) is 49.6. The Morgan fingerprint density at radius 2 is 0.756 bits per heavy atom. The summed E-state index contributed by atoms with van der Waals surface area (Å²) in [6, 6.07) is 83.4. The highest BCUT2D eigenvalue weighted by molar-refractivity contribution is 6.20. The Morgan fingerprint density at radius 3 is 1.26 bits per heavy atom. The van der Waals surface area contributed by atoms with Gasteiger partial charge in [-0.2, -0.15) is 0 Å². The van der Waals surface area contributed by atoms with Crippen molar-refractivity contribution in [3.63, 3.8) is 0 Å². The minimum Gasteiger partial charge on any atom is -0.456 e. The molecule has 1 heterocycles. The molecule has 0 fully saturated rings. The van der Waals surface area contributed by atoms with Gasteiger partial charge in [0, 0.05) is 44.6 Å². The van der Waals surface area contributed by atoms with Crippen LogP contribution in [0.25, 0.3) is 65.7 Å². The fraction of sp³-hybridized carbons (Fsp3) is 0.215. The lowest BCUT2D eigenvalue weighted by Crippen LogP contribution is -2.26. The molecule has 82 heavy (non-hydrogen) atoms. The van der Waals surface area contributed by atoms with Crippen LogP contribution in [0.1, 0.15) is 128 Å². The van der Waals surface area contributed by atoms with Crippen molar-refractivity contribution in [1.29, 1.82) is 0 Å². The zero-order valence-electron chi connectivity index (χ0n) is 49.6. The van der Waals surface area contributed by atoms with Crippen molar-refractivity contribution in [3.05, 3.63) is 263 Å². The van der Waals surface area contributed by atoms with E-state index in [1.165, 1.54) is 82.9 Å². The number of hydrogen-bond acceptors (Lipinski definition) is 3. The summed E-state index contributed by atoms with van der Waals surface area (Å²) in [5, 5.41) is 7.01. The molecule has 0 aliphatic heterocycles. The van der Waals surface area contributed by atoms with Crippen molar-refractivity contribution in [1.82, 2.24) is 0 Å². The van der Waals surface area contributed by atoms with Gasteiger partial charge in [-0.25, -0.2) is 0 Å². The quantitative estimate of drug-likeness (QED) is 0.165. The van der Waals surface area contributed by atoms with Crippen LogP contribution in [-0.4, -0.2) is 0 Å². The molecule has 0 saturated heterocycles. The van der Waals surface area contributed by atoms with E-state index in [-0.39, 0.29) is 21.7 Å². The third-order valence-corrected chi connectivity index (χ3v) is 18.1. The van der Waals surface area contributed by atoms with E-state index >= 15 is 0 Å². The van der Waals surface area contributed by atoms with E-state index in [4.69, 9.17) is 4.42 Å². The van der Waals surface area contributed by atoms with Gasteiger partial charge in [-0.1, -0.05) is 217 Å². The minimum atomic E-state index is -0.682. The molecule has 3 heteroatoms. The summed E-state index contributed by atoms with van der Waals surface area (Å²) in [6.07, 6.45) is 0. The molecule has 12 aromatic rings. The number of rotatable bonds is 6. The van der Waals surface area contributed by atoms with Crippen LogP contribution in [0, 0.1) is 0 Å². The average Bonchev–Trinajstić information content (AvgIpc) is 1.97. The predicted molar refractivity (Wildman–Crippen MR) is 349 cm³/mol. The van der Waals surface area contributed by atoms with Crippen molar-refractivity contribution in [2.24, 2.45) is 0 Å². The second kappa shape index (κ2) is 18.2. The first-order chi connectivity index (χ1) is 39.2. The van der Waals surface area contributed by atoms with Crippen LogP contribution in [0.2, 0.25) is 0 Å². The summed E-state index contributed by atoms with van der Waals surface area (Å²) in [5.74, 6) is 0. The summed E-state index contributed by atoms with van der Waals surface area (Å²) >= 11 is 0. The zero-order chi connectivity index (χ0) is 56.8. The smallest absolute Gasteiger partial charge is 0.136 e. The number of para-hydroxylation sites is 1. The van der Waals surface area contributed by atoms with E-state index in [9.17, 15) is 0 Å². The molecule has 0 radical (unpaired) electrons. The number of fused-ring (bicyclic) bond motifs is 17. The molecule has 0 atom stereocenters. The maximum absolute atomic E-state index is 6.86. The Hall–Kier alpha value is -8.66. The van der Waals surface area contributed by atoms with Gasteiger partial charge in [0.05, 0.1) is 11.1 Å². The molecule has 3 nitrogen and oxygen atoms in total. The normalized spacial score (nSPS) is 13.7. The maximum atomic E-state index is 6.86. The van der Waals surface area contributed by atoms with Gasteiger partial charge in [0.2, 0.25) is 0 Å². The Kier molecular flexibility index (Phi) is 11.4. The lowest BCUT2D eigenvalue weighted by molar-refractivity contribution is 0.590. The summed E-state index contributed by atoms with van der Waals surface area (Å²) < 4.78 is 6.86. The van der Waals surface area contributed by atoms with E-state index in [2.05, 4.69) is 311 Å². The third-order valence-electron chi connectivity index (χ3n) is 18.1. The molecule has 0 bridgehead atoms. The van der Waals surface area contributed by atoms with E-state index < -0.39 is 5.41 Å². The van der Waals surface area contributed by atoms with Gasteiger partial charge in [0.15, 0.2) is 0 Å². The van der Waals surface area contributed by atoms with Gasteiger partial charge < -0.3 is 14.2 Å². The predicted octanol–water partition coefficient (Wildman–Crippen LogP) is 22.4. The second-order valence-corrected chi connectivity index (χ2v) is 27.4. The number of hydrogen-bond donors (Lipinski definition) is 0. The van der Waals surface area contributed by atoms with Crippen LogP contribution >= 0.6 is 0 Å². The van der Waals surface area contributed by atoms with Crippen LogP contribution in [0.3, 0.4) is 0 Å². The second-order valence-electron chi connectivity index (χ2n) is 27.4. The fourth-order valence-corrected chi connectivity index (χ4v) is 13.7. The summed E-state index contributed by atoms with van der Waals surface area (Å²) in [4.78, 5) is 4.95. The van der Waals surface area contributed by atoms with Crippen molar-refractivity contribution < 1.29 is 4.42 Å². The summed E-state index contributed by atoms with van der Waals surface area (Å²) in [5.41, 5.74) is 23.3. The molecule has 0 amide bonds. The van der Waals surface area contributed by atoms with Crippen LogP contribution < -0.4 is 9.80 Å². The van der Waals surface area contributed by atoms with Crippen molar-refractivity contribution in [2.45, 2.75) is 110 Å². The molecule has 404 valence electrons. The molecular formula is C79H72N2O. The van der Waals surface area contributed by atoms with E-state index in [1.807, 2.05) is 0 Å². The van der Waals surface area contributed by atoms with Crippen LogP contribution in [0.4, 0.5) is 34.1 Å². The van der Waals surface area contributed by atoms with E-state index in [0.29, 0.717) is 0 Å². The highest BCUT2D eigenvalue weighted by Gasteiger charge is 2.53. The Balaban J connectivity index is 1.08. The first-order valence-electron chi connectivity index (χ1n) is 29.4. The fourth-order valence-electron chi connectivity index (χ4n) is 13.7. The van der Waals surface area contributed by atoms with Gasteiger partial charge >= 0.3 is 0 Å². The van der Waals surface area contributed by atoms with E-state index in [0.717, 1.165) is 61.4 Å². The molecule has 2 aliphatic carbocycles. The van der Waals surface area contributed by atoms with Crippen LogP contribution in [0.5, 0.6) is 0 Å². The third kappa shape index (κ3) is 7.98. The first-order valence-corrected chi connectivity index (χ1v) is 29.4. The van der Waals surface area contributed by atoms with Gasteiger partial charge in [-0.15, -0.1) is 0 Å². The highest BCUT2D eigenvalue weighted by atomic mass is 16.3. The lowest BCUT2D eigenvalue weighted by atomic mass is 9.69. The van der Waals surface area contributed by atoms with Crippen molar-refractivity contribution in [2.75, 3.05) is 9.80 Å². The highest BCUT2D eigenvalue weighted by Crippen LogP contribution is 2.66. The summed E-state index contributed by atoms with van der Waals surface area (Å²) in [7, 11) is 0. The van der Waals surface area contributed by atoms with Crippen molar-refractivity contribution >= 4 is 77.6 Å². The van der Waals surface area contributed by atoms with Crippen LogP contribution in [0.15, 0.2) is 223 Å². The van der Waals surface area contributed by atoms with Gasteiger partial charge in [0.1, 0.15) is 11.2 Å². The average molecular weight is 1070 g/mol. The molecule has 0 saturated carbocycles. The molecule has 0 N–H and O–H groups in total.